The molecule has 0 aromatic rings. The average Bonchev–Trinajstić information content (AvgIpc) is 2.72. The molecule has 2 atom stereocenters. The van der Waals surface area contributed by atoms with Crippen LogP contribution in [0.15, 0.2) is 35.6 Å². The normalized spacial score (nSPS) is 13.9. The van der Waals surface area contributed by atoms with Crippen LogP contribution in [-0.4, -0.2) is 37.6 Å². The lowest BCUT2D eigenvalue weighted by Crippen LogP contribution is -2.34. The van der Waals surface area contributed by atoms with Crippen molar-refractivity contribution in [2.24, 2.45) is 5.92 Å². The molecule has 0 aliphatic carbocycles. The molecule has 0 rings (SSSR count). The number of ether oxygens (including phenoxy) is 1. The molecule has 0 fully saturated rings. The van der Waals surface area contributed by atoms with Crippen LogP contribution in [0.5, 0.6) is 0 Å². The van der Waals surface area contributed by atoms with Crippen LogP contribution in [0.25, 0.3) is 0 Å². The van der Waals surface area contributed by atoms with E-state index >= 15 is 0 Å². The molecule has 0 saturated heterocycles. The van der Waals surface area contributed by atoms with Gasteiger partial charge in [0.1, 0.15) is 6.23 Å². The topological polar surface area (TPSA) is 53.5 Å². The van der Waals surface area contributed by atoms with Gasteiger partial charge in [0.25, 0.3) is 0 Å². The van der Waals surface area contributed by atoms with Gasteiger partial charge in [0.15, 0.2) is 0 Å². The first kappa shape index (κ1) is 30.6. The molecule has 0 aromatic carbocycles. The first-order valence-corrected chi connectivity index (χ1v) is 10.8. The smallest absolute Gasteiger partial charge is 0.148 e. The van der Waals surface area contributed by atoms with E-state index in [4.69, 9.17) is 4.74 Å². The highest BCUT2D eigenvalue weighted by Gasteiger charge is 2.15. The molecule has 2 unspecified atom stereocenters. The zero-order valence-corrected chi connectivity index (χ0v) is 19.6. The highest BCUT2D eigenvalue weighted by atomic mass is 16.5. The van der Waals surface area contributed by atoms with Crippen molar-refractivity contribution >= 4 is 0 Å². The first-order chi connectivity index (χ1) is 13.0. The van der Waals surface area contributed by atoms with E-state index in [0.717, 1.165) is 31.6 Å². The van der Waals surface area contributed by atoms with Crippen LogP contribution in [0, 0.1) is 5.92 Å². The molecule has 27 heavy (non-hydrogen) atoms. The van der Waals surface area contributed by atoms with Crippen LogP contribution >= 0.6 is 0 Å². The molecular formula is C23H48N2O2. The lowest BCUT2D eigenvalue weighted by Gasteiger charge is -2.23. The summed E-state index contributed by atoms with van der Waals surface area (Å²) < 4.78 is 5.28. The Labute approximate surface area is 170 Å². The molecule has 4 heteroatoms. The van der Waals surface area contributed by atoms with Crippen molar-refractivity contribution in [3.8, 4) is 0 Å². The Morgan fingerprint density at radius 2 is 1.74 bits per heavy atom. The monoisotopic (exact) mass is 384 g/mol. The molecule has 0 aliphatic heterocycles. The molecule has 162 valence electrons. The van der Waals surface area contributed by atoms with Gasteiger partial charge >= 0.3 is 0 Å². The van der Waals surface area contributed by atoms with E-state index in [9.17, 15) is 5.11 Å². The lowest BCUT2D eigenvalue weighted by molar-refractivity contribution is 0.0297. The van der Waals surface area contributed by atoms with Gasteiger partial charge in [-0.1, -0.05) is 67.2 Å². The maximum atomic E-state index is 10.1. The van der Waals surface area contributed by atoms with E-state index < -0.39 is 6.23 Å². The summed E-state index contributed by atoms with van der Waals surface area (Å²) in [6, 6.07) is 0. The second kappa shape index (κ2) is 22.9. The van der Waals surface area contributed by atoms with Gasteiger partial charge in [0.05, 0.1) is 6.61 Å². The third-order valence-electron chi connectivity index (χ3n) is 3.73. The van der Waals surface area contributed by atoms with Crippen molar-refractivity contribution in [3.63, 3.8) is 0 Å². The minimum absolute atomic E-state index is 0.281. The van der Waals surface area contributed by atoms with Crippen molar-refractivity contribution in [1.29, 1.82) is 0 Å². The van der Waals surface area contributed by atoms with E-state index in [1.807, 2.05) is 53.7 Å². The Hall–Kier alpha value is -1.10. The van der Waals surface area contributed by atoms with Gasteiger partial charge in [0, 0.05) is 12.3 Å². The average molecular weight is 385 g/mol. The Kier molecular flexibility index (Phi) is 26.0. The fraction of sp³-hybridized carbons (Fsp3) is 0.739. The third kappa shape index (κ3) is 15.6. The Morgan fingerprint density at radius 1 is 1.15 bits per heavy atom. The van der Waals surface area contributed by atoms with Gasteiger partial charge in [-0.25, -0.2) is 0 Å². The van der Waals surface area contributed by atoms with Gasteiger partial charge in [-0.05, 0) is 56.8 Å². The number of aliphatic hydroxyl groups is 1. The Balaban J connectivity index is -0.00000134. The first-order valence-electron chi connectivity index (χ1n) is 10.8. The third-order valence-corrected chi connectivity index (χ3v) is 3.73. The summed E-state index contributed by atoms with van der Waals surface area (Å²) in [7, 11) is 0. The van der Waals surface area contributed by atoms with Crippen molar-refractivity contribution in [2.75, 3.05) is 26.3 Å². The highest BCUT2D eigenvalue weighted by molar-refractivity contribution is 5.38. The quantitative estimate of drug-likeness (QED) is 0.293. The van der Waals surface area contributed by atoms with Gasteiger partial charge in [-0.15, -0.1) is 0 Å². The van der Waals surface area contributed by atoms with E-state index in [-0.39, 0.29) is 6.61 Å². The molecule has 4 nitrogen and oxygen atoms in total. The standard InChI is InChI=1S/C19H36N2O2.2C2H6/c1-7-16(8-2)17(12-15(6)13-20-10-4)18(9-3)21-19(22)14-23-11-5;2*1-2/h7,9,15,19-22H,1,8,10-14H2,2-6H3;2*1-2H3/b17-16+,18-9+;;. The Morgan fingerprint density at radius 3 is 2.15 bits per heavy atom. The van der Waals surface area contributed by atoms with E-state index in [0.29, 0.717) is 12.5 Å². The molecule has 0 aromatic heterocycles. The summed E-state index contributed by atoms with van der Waals surface area (Å²) in [6.45, 7) is 25.2. The van der Waals surface area contributed by atoms with Gasteiger partial charge in [0.2, 0.25) is 0 Å². The van der Waals surface area contributed by atoms with Crippen LogP contribution in [0.2, 0.25) is 0 Å². The summed E-state index contributed by atoms with van der Waals surface area (Å²) in [6.07, 6.45) is 5.10. The summed E-state index contributed by atoms with van der Waals surface area (Å²) in [5.74, 6) is 0.507. The minimum Gasteiger partial charge on any atom is -0.377 e. The SMILES string of the molecule is C=C/C(CC)=C(CC(C)CNCC)\C(=C/C)NC(O)COCC.CC.CC. The molecule has 0 bridgehead atoms. The summed E-state index contributed by atoms with van der Waals surface area (Å²) in [5, 5.41) is 16.7. The number of nitrogens with one attached hydrogen (secondary N) is 2. The van der Waals surface area contributed by atoms with Gasteiger partial charge in [-0.2, -0.15) is 0 Å². The summed E-state index contributed by atoms with van der Waals surface area (Å²) in [4.78, 5) is 0. The molecule has 0 spiro atoms. The van der Waals surface area contributed by atoms with Crippen molar-refractivity contribution in [2.45, 2.75) is 81.4 Å². The lowest BCUT2D eigenvalue weighted by atomic mass is 9.92. The van der Waals surface area contributed by atoms with Gasteiger partial charge in [-0.3, -0.25) is 0 Å². The van der Waals surface area contributed by atoms with Crippen molar-refractivity contribution < 1.29 is 9.84 Å². The predicted molar refractivity (Wildman–Crippen MR) is 122 cm³/mol. The largest absolute Gasteiger partial charge is 0.377 e. The molecule has 0 amide bonds. The number of rotatable bonds is 13. The van der Waals surface area contributed by atoms with Crippen molar-refractivity contribution in [1.82, 2.24) is 10.6 Å². The predicted octanol–water partition coefficient (Wildman–Crippen LogP) is 5.42. The van der Waals surface area contributed by atoms with E-state index in [1.54, 1.807) is 0 Å². The van der Waals surface area contributed by atoms with Crippen LogP contribution in [0.1, 0.15) is 75.2 Å². The molecule has 0 aliphatic rings. The minimum atomic E-state index is -0.705. The zero-order valence-electron chi connectivity index (χ0n) is 19.6. The zero-order chi connectivity index (χ0) is 21.7. The van der Waals surface area contributed by atoms with Crippen LogP contribution in [0.3, 0.4) is 0 Å². The maximum Gasteiger partial charge on any atom is 0.148 e. The molecule has 0 saturated carbocycles. The number of aliphatic hydroxyl groups excluding tert-OH is 1. The van der Waals surface area contributed by atoms with E-state index in [2.05, 4.69) is 38.0 Å². The van der Waals surface area contributed by atoms with Crippen LogP contribution < -0.4 is 10.6 Å². The second-order valence-corrected chi connectivity index (χ2v) is 5.70. The fourth-order valence-electron chi connectivity index (χ4n) is 2.50. The van der Waals surface area contributed by atoms with Crippen LogP contribution in [-0.2, 0) is 4.74 Å². The highest BCUT2D eigenvalue weighted by Crippen LogP contribution is 2.24. The van der Waals surface area contributed by atoms with Gasteiger partial charge < -0.3 is 20.5 Å². The van der Waals surface area contributed by atoms with Crippen molar-refractivity contribution in [3.05, 3.63) is 35.6 Å². The summed E-state index contributed by atoms with van der Waals surface area (Å²) in [5.41, 5.74) is 3.42. The number of hydrogen-bond acceptors (Lipinski definition) is 4. The van der Waals surface area contributed by atoms with E-state index in [1.165, 1.54) is 11.1 Å². The molecule has 0 radical (unpaired) electrons. The second-order valence-electron chi connectivity index (χ2n) is 5.70. The maximum absolute atomic E-state index is 10.1. The number of allylic oxidation sites excluding steroid dienone is 4. The number of hydrogen-bond donors (Lipinski definition) is 3. The summed E-state index contributed by atoms with van der Waals surface area (Å²) >= 11 is 0. The van der Waals surface area contributed by atoms with Crippen LogP contribution in [0.4, 0.5) is 0 Å². The molecule has 3 N–H and O–H groups in total. The molecule has 0 heterocycles. The Bertz CT molecular complexity index is 390. The molecular weight excluding hydrogens is 336 g/mol. The fourth-order valence-corrected chi connectivity index (χ4v) is 2.50.